The van der Waals surface area contributed by atoms with Gasteiger partial charge in [0.05, 0.1) is 6.61 Å². The van der Waals surface area contributed by atoms with Gasteiger partial charge in [0.25, 0.3) is 0 Å². The molecule has 0 aromatic heterocycles. The molecule has 1 fully saturated rings. The van der Waals surface area contributed by atoms with Crippen LogP contribution in [-0.4, -0.2) is 56.8 Å². The summed E-state index contributed by atoms with van der Waals surface area (Å²) in [6, 6.07) is 0. The minimum absolute atomic E-state index is 0.802. The SMILES string of the molecule is COCCCOCCN1CCC(CBr)CC1. The number of halogens is 1. The van der Waals surface area contributed by atoms with Crippen molar-refractivity contribution in [2.45, 2.75) is 19.3 Å². The van der Waals surface area contributed by atoms with Crippen LogP contribution in [0.5, 0.6) is 0 Å². The van der Waals surface area contributed by atoms with E-state index in [0.29, 0.717) is 0 Å². The van der Waals surface area contributed by atoms with Crippen molar-refractivity contribution in [2.24, 2.45) is 5.92 Å². The number of hydrogen-bond donors (Lipinski definition) is 0. The quantitative estimate of drug-likeness (QED) is 0.506. The van der Waals surface area contributed by atoms with Crippen LogP contribution in [0.15, 0.2) is 0 Å². The number of piperidine rings is 1. The molecule has 96 valence electrons. The van der Waals surface area contributed by atoms with Gasteiger partial charge in [0.1, 0.15) is 0 Å². The fraction of sp³-hybridized carbons (Fsp3) is 1.00. The van der Waals surface area contributed by atoms with Gasteiger partial charge in [-0.2, -0.15) is 0 Å². The van der Waals surface area contributed by atoms with Gasteiger partial charge >= 0.3 is 0 Å². The molecule has 0 aliphatic carbocycles. The highest BCUT2D eigenvalue weighted by atomic mass is 79.9. The number of methoxy groups -OCH3 is 1. The third-order valence-electron chi connectivity index (χ3n) is 3.11. The summed E-state index contributed by atoms with van der Waals surface area (Å²) in [5.41, 5.74) is 0. The van der Waals surface area contributed by atoms with Crippen molar-refractivity contribution in [1.82, 2.24) is 4.90 Å². The van der Waals surface area contributed by atoms with Gasteiger partial charge in [-0.25, -0.2) is 0 Å². The summed E-state index contributed by atoms with van der Waals surface area (Å²) in [4.78, 5) is 2.51. The monoisotopic (exact) mass is 293 g/mol. The van der Waals surface area contributed by atoms with Crippen molar-refractivity contribution in [3.8, 4) is 0 Å². The maximum Gasteiger partial charge on any atom is 0.0593 e. The second kappa shape index (κ2) is 9.40. The van der Waals surface area contributed by atoms with Gasteiger partial charge in [-0.15, -0.1) is 0 Å². The average molecular weight is 294 g/mol. The molecule has 1 rings (SSSR count). The third kappa shape index (κ3) is 6.18. The Morgan fingerprint density at radius 3 is 2.56 bits per heavy atom. The molecule has 0 atom stereocenters. The number of ether oxygens (including phenoxy) is 2. The van der Waals surface area contributed by atoms with Crippen molar-refractivity contribution in [3.05, 3.63) is 0 Å². The summed E-state index contributed by atoms with van der Waals surface area (Å²) >= 11 is 3.56. The smallest absolute Gasteiger partial charge is 0.0593 e. The molecule has 4 heteroatoms. The predicted octanol–water partition coefficient (Wildman–Crippen LogP) is 2.15. The summed E-state index contributed by atoms with van der Waals surface area (Å²) in [5.74, 6) is 0.888. The molecule has 16 heavy (non-hydrogen) atoms. The lowest BCUT2D eigenvalue weighted by Gasteiger charge is -2.30. The van der Waals surface area contributed by atoms with Crippen LogP contribution in [0.25, 0.3) is 0 Å². The molecule has 0 radical (unpaired) electrons. The maximum atomic E-state index is 5.56. The molecule has 0 amide bonds. The molecule has 1 aliphatic heterocycles. The highest BCUT2D eigenvalue weighted by molar-refractivity contribution is 9.09. The van der Waals surface area contributed by atoms with Crippen molar-refractivity contribution >= 4 is 15.9 Å². The molecule has 0 aromatic rings. The van der Waals surface area contributed by atoms with Crippen molar-refractivity contribution in [1.29, 1.82) is 0 Å². The molecule has 3 nitrogen and oxygen atoms in total. The summed E-state index contributed by atoms with van der Waals surface area (Å²) in [5, 5.41) is 1.16. The molecule has 0 bridgehead atoms. The number of hydrogen-bond acceptors (Lipinski definition) is 3. The first-order valence-corrected chi connectivity index (χ1v) is 7.34. The Morgan fingerprint density at radius 2 is 1.94 bits per heavy atom. The summed E-state index contributed by atoms with van der Waals surface area (Å²) in [7, 11) is 1.73. The Hall–Kier alpha value is 0.360. The van der Waals surface area contributed by atoms with E-state index < -0.39 is 0 Å². The number of rotatable bonds is 8. The molecule has 0 aromatic carbocycles. The fourth-order valence-corrected chi connectivity index (χ4v) is 2.61. The predicted molar refractivity (Wildman–Crippen MR) is 70.3 cm³/mol. The van der Waals surface area contributed by atoms with E-state index in [-0.39, 0.29) is 0 Å². The van der Waals surface area contributed by atoms with Crippen molar-refractivity contribution in [3.63, 3.8) is 0 Å². The Balaban J connectivity index is 1.90. The van der Waals surface area contributed by atoms with Gasteiger partial charge in [-0.1, -0.05) is 15.9 Å². The molecule has 0 N–H and O–H groups in total. The summed E-state index contributed by atoms with van der Waals surface area (Å²) in [6.07, 6.45) is 3.66. The zero-order chi connectivity index (χ0) is 11.6. The molecule has 1 heterocycles. The van der Waals surface area contributed by atoms with Crippen LogP contribution in [-0.2, 0) is 9.47 Å². The molecule has 1 aliphatic rings. The van der Waals surface area contributed by atoms with Gasteiger partial charge in [-0.05, 0) is 38.3 Å². The summed E-state index contributed by atoms with van der Waals surface area (Å²) < 4.78 is 10.5. The van der Waals surface area contributed by atoms with Crippen LogP contribution in [0, 0.1) is 5.92 Å². The molecule has 0 spiro atoms. The molecule has 0 unspecified atom stereocenters. The van der Waals surface area contributed by atoms with E-state index in [1.54, 1.807) is 7.11 Å². The van der Waals surface area contributed by atoms with Crippen LogP contribution in [0.4, 0.5) is 0 Å². The Morgan fingerprint density at radius 1 is 1.19 bits per heavy atom. The van der Waals surface area contributed by atoms with Crippen LogP contribution < -0.4 is 0 Å². The largest absolute Gasteiger partial charge is 0.385 e. The zero-order valence-electron chi connectivity index (χ0n) is 10.3. The second-order valence-electron chi connectivity index (χ2n) is 4.40. The van der Waals surface area contributed by atoms with E-state index in [1.165, 1.54) is 25.9 Å². The van der Waals surface area contributed by atoms with Crippen LogP contribution in [0.1, 0.15) is 19.3 Å². The first-order valence-electron chi connectivity index (χ1n) is 6.21. The molecular weight excluding hydrogens is 270 g/mol. The van der Waals surface area contributed by atoms with E-state index in [4.69, 9.17) is 9.47 Å². The van der Waals surface area contributed by atoms with Gasteiger partial charge in [0.15, 0.2) is 0 Å². The lowest BCUT2D eigenvalue weighted by atomic mass is 9.99. The number of likely N-dealkylation sites (tertiary alicyclic amines) is 1. The third-order valence-corrected chi connectivity index (χ3v) is 4.03. The Kier molecular flexibility index (Phi) is 8.47. The first-order chi connectivity index (χ1) is 7.86. The van der Waals surface area contributed by atoms with E-state index in [1.807, 2.05) is 0 Å². The Bertz CT molecular complexity index is 161. The second-order valence-corrected chi connectivity index (χ2v) is 5.05. The topological polar surface area (TPSA) is 21.7 Å². The lowest BCUT2D eigenvalue weighted by molar-refractivity contribution is 0.0751. The fourth-order valence-electron chi connectivity index (χ4n) is 1.97. The zero-order valence-corrected chi connectivity index (χ0v) is 11.9. The van der Waals surface area contributed by atoms with E-state index in [0.717, 1.165) is 44.0 Å². The van der Waals surface area contributed by atoms with E-state index in [9.17, 15) is 0 Å². The van der Waals surface area contributed by atoms with E-state index in [2.05, 4.69) is 20.8 Å². The van der Waals surface area contributed by atoms with Gasteiger partial charge in [-0.3, -0.25) is 0 Å². The standard InChI is InChI=1S/C12H24BrNO2/c1-15-8-2-9-16-10-7-14-5-3-12(11-13)4-6-14/h12H,2-11H2,1H3. The lowest BCUT2D eigenvalue weighted by Crippen LogP contribution is -2.36. The normalized spacial score (nSPS) is 19.1. The maximum absolute atomic E-state index is 5.56. The number of nitrogens with zero attached hydrogens (tertiary/aromatic N) is 1. The van der Waals surface area contributed by atoms with Crippen molar-refractivity contribution in [2.75, 3.05) is 51.9 Å². The van der Waals surface area contributed by atoms with Crippen LogP contribution in [0.2, 0.25) is 0 Å². The minimum atomic E-state index is 0.802. The van der Waals surface area contributed by atoms with Gasteiger partial charge in [0, 0.05) is 32.2 Å². The van der Waals surface area contributed by atoms with Crippen LogP contribution >= 0.6 is 15.9 Å². The highest BCUT2D eigenvalue weighted by Gasteiger charge is 2.17. The first kappa shape index (κ1) is 14.4. The Labute approximate surface area is 108 Å². The average Bonchev–Trinajstić information content (AvgIpc) is 2.34. The number of alkyl halides is 1. The summed E-state index contributed by atoms with van der Waals surface area (Å²) in [6.45, 7) is 6.04. The van der Waals surface area contributed by atoms with Gasteiger partial charge < -0.3 is 14.4 Å². The molecule has 1 saturated heterocycles. The van der Waals surface area contributed by atoms with Gasteiger partial charge in [0.2, 0.25) is 0 Å². The minimum Gasteiger partial charge on any atom is -0.385 e. The molecular formula is C12H24BrNO2. The highest BCUT2D eigenvalue weighted by Crippen LogP contribution is 2.18. The van der Waals surface area contributed by atoms with Crippen molar-refractivity contribution < 1.29 is 9.47 Å². The molecule has 0 saturated carbocycles. The van der Waals surface area contributed by atoms with Crippen LogP contribution in [0.3, 0.4) is 0 Å². The van der Waals surface area contributed by atoms with E-state index >= 15 is 0 Å².